The molecule has 0 bridgehead atoms. The van der Waals surface area contributed by atoms with Gasteiger partial charge in [-0.05, 0) is 46.0 Å². The van der Waals surface area contributed by atoms with Crippen LogP contribution < -0.4 is 5.32 Å². The van der Waals surface area contributed by atoms with E-state index < -0.39 is 11.7 Å². The van der Waals surface area contributed by atoms with Gasteiger partial charge in [0.15, 0.2) is 4.77 Å². The van der Waals surface area contributed by atoms with Gasteiger partial charge in [-0.25, -0.2) is 9.78 Å². The number of alkyl carbamates (subject to hydrolysis) is 1. The Hall–Kier alpha value is -1.43. The van der Waals surface area contributed by atoms with E-state index in [0.717, 1.165) is 5.69 Å². The molecule has 0 radical (unpaired) electrons. The molecule has 0 saturated carbocycles. The lowest BCUT2D eigenvalue weighted by Crippen LogP contribution is -2.32. The summed E-state index contributed by atoms with van der Waals surface area (Å²) in [6.07, 6.45) is -0.462. The third-order valence-electron chi connectivity index (χ3n) is 1.75. The van der Waals surface area contributed by atoms with Crippen LogP contribution in [0, 0.1) is 11.7 Å². The first kappa shape index (κ1) is 13.6. The van der Waals surface area contributed by atoms with Crippen molar-refractivity contribution in [2.45, 2.75) is 39.8 Å². The summed E-state index contributed by atoms with van der Waals surface area (Å²) in [6, 6.07) is 1.83. The molecule has 1 rings (SSSR count). The summed E-state index contributed by atoms with van der Waals surface area (Å²) in [5.74, 6) is 0. The number of ether oxygens (including phenoxy) is 1. The summed E-state index contributed by atoms with van der Waals surface area (Å²) < 4.78 is 5.52. The largest absolute Gasteiger partial charge is 0.444 e. The van der Waals surface area contributed by atoms with Crippen molar-refractivity contribution in [3.8, 4) is 0 Å². The minimum Gasteiger partial charge on any atom is -0.444 e. The Morgan fingerprint density at radius 2 is 2.24 bits per heavy atom. The zero-order chi connectivity index (χ0) is 13.1. The fourth-order valence-electron chi connectivity index (χ4n) is 1.21. The van der Waals surface area contributed by atoms with Gasteiger partial charge in [-0.15, -0.1) is 0 Å². The van der Waals surface area contributed by atoms with Gasteiger partial charge in [-0.3, -0.25) is 0 Å². The molecule has 17 heavy (non-hydrogen) atoms. The quantitative estimate of drug-likeness (QED) is 0.797. The van der Waals surface area contributed by atoms with Gasteiger partial charge in [0, 0.05) is 5.69 Å². The van der Waals surface area contributed by atoms with Crippen molar-refractivity contribution in [2.75, 3.05) is 0 Å². The number of aromatic amines is 1. The van der Waals surface area contributed by atoms with Crippen molar-refractivity contribution < 1.29 is 9.53 Å². The zero-order valence-electron chi connectivity index (χ0n) is 10.5. The van der Waals surface area contributed by atoms with Gasteiger partial charge in [0.1, 0.15) is 5.60 Å². The highest BCUT2D eigenvalue weighted by atomic mass is 32.1. The van der Waals surface area contributed by atoms with E-state index in [4.69, 9.17) is 17.0 Å². The maximum Gasteiger partial charge on any atom is 0.407 e. The molecule has 5 nitrogen and oxygen atoms in total. The van der Waals surface area contributed by atoms with Crippen molar-refractivity contribution >= 4 is 18.3 Å². The van der Waals surface area contributed by atoms with Gasteiger partial charge in [-0.2, -0.15) is 0 Å². The second-order valence-electron chi connectivity index (χ2n) is 4.72. The Labute approximate surface area is 106 Å². The smallest absolute Gasteiger partial charge is 0.407 e. The summed E-state index contributed by atoms with van der Waals surface area (Å²) in [4.78, 5) is 18.4. The number of carbonyl (C=O) groups is 1. The van der Waals surface area contributed by atoms with Crippen molar-refractivity contribution in [3.63, 3.8) is 0 Å². The first-order valence-corrected chi connectivity index (χ1v) is 5.71. The van der Waals surface area contributed by atoms with Crippen LogP contribution in [0.4, 0.5) is 4.79 Å². The molecule has 1 amide bonds. The maximum absolute atomic E-state index is 11.4. The molecule has 0 unspecified atom stereocenters. The van der Waals surface area contributed by atoms with Crippen molar-refractivity contribution in [2.24, 2.45) is 0 Å². The van der Waals surface area contributed by atoms with Crippen LogP contribution in [-0.2, 0) is 11.3 Å². The molecule has 1 aromatic rings. The minimum atomic E-state index is -0.499. The highest BCUT2D eigenvalue weighted by Gasteiger charge is 2.15. The Kier molecular flexibility index (Phi) is 4.22. The fraction of sp³-hybridized carbons (Fsp3) is 0.545. The van der Waals surface area contributed by atoms with E-state index in [2.05, 4.69) is 15.3 Å². The second-order valence-corrected chi connectivity index (χ2v) is 5.10. The van der Waals surface area contributed by atoms with Crippen LogP contribution in [0.2, 0.25) is 0 Å². The fourth-order valence-corrected chi connectivity index (χ4v) is 1.49. The molecule has 0 aliphatic rings. The van der Waals surface area contributed by atoms with E-state index in [-0.39, 0.29) is 0 Å². The third kappa shape index (κ3) is 5.44. The average Bonchev–Trinajstić information content (AvgIpc) is 2.10. The Morgan fingerprint density at radius 3 is 2.76 bits per heavy atom. The van der Waals surface area contributed by atoms with Crippen molar-refractivity contribution in [1.29, 1.82) is 0 Å². The van der Waals surface area contributed by atoms with E-state index in [1.54, 1.807) is 0 Å². The topological polar surface area (TPSA) is 67.0 Å². The van der Waals surface area contributed by atoms with Gasteiger partial charge in [-0.1, -0.05) is 0 Å². The number of aryl methyl sites for hydroxylation is 1. The summed E-state index contributed by atoms with van der Waals surface area (Å²) in [5, 5.41) is 2.63. The molecule has 0 saturated heterocycles. The number of carbonyl (C=O) groups excluding carboxylic acids is 1. The number of H-pyrrole nitrogens is 1. The predicted molar refractivity (Wildman–Crippen MR) is 67.2 cm³/mol. The van der Waals surface area contributed by atoms with E-state index in [1.807, 2.05) is 33.8 Å². The number of aromatic nitrogens is 2. The number of rotatable bonds is 2. The number of hydrogen-bond acceptors (Lipinski definition) is 4. The summed E-state index contributed by atoms with van der Waals surface area (Å²) in [6.45, 7) is 7.62. The molecule has 94 valence electrons. The van der Waals surface area contributed by atoms with Crippen LogP contribution in [0.3, 0.4) is 0 Å². The van der Waals surface area contributed by atoms with Gasteiger partial charge in [0.05, 0.1) is 12.2 Å². The SMILES string of the molecule is Cc1cc(CNC(=O)OC(C)(C)C)nc(=S)[nH]1. The van der Waals surface area contributed by atoms with Crippen LogP contribution in [0.25, 0.3) is 0 Å². The number of nitrogens with one attached hydrogen (secondary N) is 2. The highest BCUT2D eigenvalue weighted by Crippen LogP contribution is 2.06. The number of nitrogens with zero attached hydrogens (tertiary/aromatic N) is 1. The molecule has 2 N–H and O–H groups in total. The summed E-state index contributed by atoms with van der Waals surface area (Å²) >= 11 is 4.94. The van der Waals surface area contributed by atoms with Crippen LogP contribution in [0.5, 0.6) is 0 Å². The Balaban J connectivity index is 2.56. The van der Waals surface area contributed by atoms with Crippen LogP contribution in [-0.4, -0.2) is 21.7 Å². The molecule has 0 spiro atoms. The van der Waals surface area contributed by atoms with Crippen LogP contribution in [0.15, 0.2) is 6.07 Å². The van der Waals surface area contributed by atoms with Crippen molar-refractivity contribution in [3.05, 3.63) is 22.2 Å². The molecule has 0 aliphatic carbocycles. The van der Waals surface area contributed by atoms with Crippen LogP contribution in [0.1, 0.15) is 32.2 Å². The molecule has 0 atom stereocenters. The second kappa shape index (κ2) is 5.27. The summed E-state index contributed by atoms with van der Waals surface area (Å²) in [5.41, 5.74) is 1.12. The number of amides is 1. The molecule has 0 aliphatic heterocycles. The maximum atomic E-state index is 11.4. The zero-order valence-corrected chi connectivity index (χ0v) is 11.3. The lowest BCUT2D eigenvalue weighted by molar-refractivity contribution is 0.0523. The van der Waals surface area contributed by atoms with Crippen molar-refractivity contribution in [1.82, 2.24) is 15.3 Å². The molecular weight excluding hydrogens is 238 g/mol. The first-order valence-electron chi connectivity index (χ1n) is 5.30. The normalized spacial score (nSPS) is 11.1. The summed E-state index contributed by atoms with van der Waals surface area (Å²) in [7, 11) is 0. The van der Waals surface area contributed by atoms with Gasteiger partial charge >= 0.3 is 6.09 Å². The lowest BCUT2D eigenvalue weighted by atomic mass is 10.2. The number of hydrogen-bond donors (Lipinski definition) is 2. The van der Waals surface area contributed by atoms with Gasteiger partial charge in [0.25, 0.3) is 0 Å². The molecular formula is C11H17N3O2S. The molecule has 6 heteroatoms. The molecule has 0 aromatic carbocycles. The predicted octanol–water partition coefficient (Wildman–Crippen LogP) is 2.47. The molecule has 0 fully saturated rings. The Bertz CT molecular complexity index is 463. The lowest BCUT2D eigenvalue weighted by Gasteiger charge is -2.19. The van der Waals surface area contributed by atoms with E-state index in [9.17, 15) is 4.79 Å². The third-order valence-corrected chi connectivity index (χ3v) is 1.94. The van der Waals surface area contributed by atoms with Crippen LogP contribution >= 0.6 is 12.2 Å². The Morgan fingerprint density at radius 1 is 1.59 bits per heavy atom. The van der Waals surface area contributed by atoms with Gasteiger partial charge in [0.2, 0.25) is 0 Å². The molecule has 1 heterocycles. The minimum absolute atomic E-state index is 0.300. The first-order chi connectivity index (χ1) is 7.76. The average molecular weight is 255 g/mol. The van der Waals surface area contributed by atoms with E-state index >= 15 is 0 Å². The van der Waals surface area contributed by atoms with E-state index in [0.29, 0.717) is 17.0 Å². The monoisotopic (exact) mass is 255 g/mol. The van der Waals surface area contributed by atoms with Gasteiger partial charge < -0.3 is 15.0 Å². The van der Waals surface area contributed by atoms with E-state index in [1.165, 1.54) is 0 Å². The standard InChI is InChI=1S/C11H17N3O2S/c1-7-5-8(14-9(17)13-7)6-12-10(15)16-11(2,3)4/h5H,6H2,1-4H3,(H,12,15)(H,13,14,17). The molecule has 1 aromatic heterocycles. The highest BCUT2D eigenvalue weighted by molar-refractivity contribution is 7.71.